The van der Waals surface area contributed by atoms with Gasteiger partial charge in [-0.1, -0.05) is 11.6 Å². The van der Waals surface area contributed by atoms with Crippen molar-refractivity contribution in [3.05, 3.63) is 28.8 Å². The van der Waals surface area contributed by atoms with Crippen LogP contribution in [0.5, 0.6) is 0 Å². The Bertz CT molecular complexity index is 460. The Kier molecular flexibility index (Phi) is 4.63. The van der Waals surface area contributed by atoms with E-state index in [-0.39, 0.29) is 0 Å². The standard InChI is InChI=1S/C13H16ClNO4/c1-18-13(17)12(16)10-8-9(14)2-3-11(10)15-4-6-19-7-5-15/h2-3,8,12,16H,4-7H2,1H3. The third-order valence-corrected chi connectivity index (χ3v) is 3.30. The molecule has 0 aromatic heterocycles. The first-order valence-electron chi connectivity index (χ1n) is 6.01. The molecule has 1 saturated heterocycles. The molecule has 1 fully saturated rings. The number of hydrogen-bond acceptors (Lipinski definition) is 5. The minimum Gasteiger partial charge on any atom is -0.467 e. The minimum absolute atomic E-state index is 0.459. The molecule has 0 aliphatic carbocycles. The van der Waals surface area contributed by atoms with Crippen molar-refractivity contribution < 1.29 is 19.4 Å². The number of carbonyl (C=O) groups excluding carboxylic acids is 1. The Morgan fingerprint density at radius 3 is 2.79 bits per heavy atom. The third-order valence-electron chi connectivity index (χ3n) is 3.06. The van der Waals surface area contributed by atoms with E-state index in [1.54, 1.807) is 18.2 Å². The number of halogens is 1. The second kappa shape index (κ2) is 6.23. The molecule has 19 heavy (non-hydrogen) atoms. The molecule has 0 amide bonds. The molecule has 1 aromatic rings. The van der Waals surface area contributed by atoms with Gasteiger partial charge in [0.15, 0.2) is 6.10 Å². The molecule has 1 aliphatic rings. The predicted molar refractivity (Wildman–Crippen MR) is 71.5 cm³/mol. The van der Waals surface area contributed by atoms with E-state index in [0.717, 1.165) is 5.69 Å². The van der Waals surface area contributed by atoms with Gasteiger partial charge in [-0.25, -0.2) is 4.79 Å². The highest BCUT2D eigenvalue weighted by Crippen LogP contribution is 2.30. The monoisotopic (exact) mass is 285 g/mol. The molecule has 1 heterocycles. The summed E-state index contributed by atoms with van der Waals surface area (Å²) in [4.78, 5) is 13.6. The van der Waals surface area contributed by atoms with Crippen molar-refractivity contribution in [3.63, 3.8) is 0 Å². The van der Waals surface area contributed by atoms with Crippen molar-refractivity contribution in [1.82, 2.24) is 0 Å². The first-order valence-corrected chi connectivity index (χ1v) is 6.39. The summed E-state index contributed by atoms with van der Waals surface area (Å²) in [5.41, 5.74) is 1.24. The van der Waals surface area contributed by atoms with Crippen molar-refractivity contribution in [2.45, 2.75) is 6.10 Å². The number of ether oxygens (including phenoxy) is 2. The van der Waals surface area contributed by atoms with Crippen LogP contribution in [-0.4, -0.2) is 44.5 Å². The molecule has 0 spiro atoms. The van der Waals surface area contributed by atoms with Crippen LogP contribution in [0.15, 0.2) is 18.2 Å². The van der Waals surface area contributed by atoms with Gasteiger partial charge >= 0.3 is 5.97 Å². The molecular weight excluding hydrogens is 270 g/mol. The second-order valence-corrected chi connectivity index (χ2v) is 4.66. The summed E-state index contributed by atoms with van der Waals surface area (Å²) < 4.78 is 9.87. The molecule has 5 nitrogen and oxygen atoms in total. The lowest BCUT2D eigenvalue weighted by atomic mass is 10.1. The van der Waals surface area contributed by atoms with Gasteiger partial charge in [0.2, 0.25) is 0 Å². The number of nitrogens with zero attached hydrogens (tertiary/aromatic N) is 1. The Hall–Kier alpha value is -1.30. The molecular formula is C13H16ClNO4. The number of aliphatic hydroxyl groups is 1. The average molecular weight is 286 g/mol. The van der Waals surface area contributed by atoms with E-state index in [1.807, 2.05) is 0 Å². The highest BCUT2D eigenvalue weighted by molar-refractivity contribution is 6.30. The first-order chi connectivity index (χ1) is 9.13. The van der Waals surface area contributed by atoms with E-state index < -0.39 is 12.1 Å². The van der Waals surface area contributed by atoms with Crippen LogP contribution in [0.3, 0.4) is 0 Å². The third kappa shape index (κ3) is 3.18. The van der Waals surface area contributed by atoms with Gasteiger partial charge in [-0.05, 0) is 18.2 Å². The maximum Gasteiger partial charge on any atom is 0.339 e. The first kappa shape index (κ1) is 14.1. The summed E-state index contributed by atoms with van der Waals surface area (Å²) in [5, 5.41) is 10.5. The molecule has 1 aromatic carbocycles. The summed E-state index contributed by atoms with van der Waals surface area (Å²) in [6.07, 6.45) is -1.33. The Balaban J connectivity index is 2.34. The number of morpholine rings is 1. The molecule has 2 rings (SSSR count). The molecule has 104 valence electrons. The van der Waals surface area contributed by atoms with Gasteiger partial charge in [-0.3, -0.25) is 0 Å². The predicted octanol–water partition coefficient (Wildman–Crippen LogP) is 1.38. The van der Waals surface area contributed by atoms with Gasteiger partial charge < -0.3 is 19.5 Å². The van der Waals surface area contributed by atoms with E-state index >= 15 is 0 Å². The van der Waals surface area contributed by atoms with Gasteiger partial charge in [-0.2, -0.15) is 0 Å². The van der Waals surface area contributed by atoms with E-state index in [2.05, 4.69) is 9.64 Å². The lowest BCUT2D eigenvalue weighted by Gasteiger charge is -2.31. The molecule has 1 N–H and O–H groups in total. The smallest absolute Gasteiger partial charge is 0.339 e. The summed E-state index contributed by atoms with van der Waals surface area (Å²) in [6.45, 7) is 2.66. The van der Waals surface area contributed by atoms with Crippen molar-refractivity contribution in [2.24, 2.45) is 0 Å². The number of anilines is 1. The number of hydrogen-bond donors (Lipinski definition) is 1. The summed E-state index contributed by atoms with van der Waals surface area (Å²) >= 11 is 5.94. The topological polar surface area (TPSA) is 59.0 Å². The van der Waals surface area contributed by atoms with Crippen molar-refractivity contribution in [2.75, 3.05) is 38.3 Å². The normalized spacial score (nSPS) is 17.1. The van der Waals surface area contributed by atoms with Crippen LogP contribution in [0.25, 0.3) is 0 Å². The lowest BCUT2D eigenvalue weighted by Crippen LogP contribution is -2.37. The fourth-order valence-electron chi connectivity index (χ4n) is 2.08. The van der Waals surface area contributed by atoms with Crippen LogP contribution < -0.4 is 4.90 Å². The van der Waals surface area contributed by atoms with Crippen LogP contribution in [0.2, 0.25) is 5.02 Å². The molecule has 0 bridgehead atoms. The molecule has 0 saturated carbocycles. The number of aliphatic hydroxyl groups excluding tert-OH is 1. The summed E-state index contributed by atoms with van der Waals surface area (Å²) in [6, 6.07) is 5.13. The highest BCUT2D eigenvalue weighted by Gasteiger charge is 2.24. The number of carbonyl (C=O) groups is 1. The Morgan fingerprint density at radius 2 is 2.16 bits per heavy atom. The molecule has 0 radical (unpaired) electrons. The van der Waals surface area contributed by atoms with Crippen LogP contribution >= 0.6 is 11.6 Å². The van der Waals surface area contributed by atoms with E-state index in [4.69, 9.17) is 16.3 Å². The summed E-state index contributed by atoms with van der Waals surface area (Å²) in [5.74, 6) is -0.697. The number of benzene rings is 1. The van der Waals surface area contributed by atoms with Crippen LogP contribution in [0.4, 0.5) is 5.69 Å². The van der Waals surface area contributed by atoms with Gasteiger partial charge in [0.1, 0.15) is 0 Å². The van der Waals surface area contributed by atoms with Crippen LogP contribution in [0.1, 0.15) is 11.7 Å². The van der Waals surface area contributed by atoms with Crippen LogP contribution in [0, 0.1) is 0 Å². The zero-order chi connectivity index (χ0) is 13.8. The average Bonchev–Trinajstić information content (AvgIpc) is 2.46. The zero-order valence-corrected chi connectivity index (χ0v) is 11.4. The fraction of sp³-hybridized carbons (Fsp3) is 0.462. The lowest BCUT2D eigenvalue weighted by molar-refractivity contribution is -0.150. The molecule has 1 unspecified atom stereocenters. The number of rotatable bonds is 3. The SMILES string of the molecule is COC(=O)C(O)c1cc(Cl)ccc1N1CCOCC1. The van der Waals surface area contributed by atoms with E-state index in [0.29, 0.717) is 36.9 Å². The van der Waals surface area contributed by atoms with Gasteiger partial charge in [-0.15, -0.1) is 0 Å². The Labute approximate surface area is 116 Å². The minimum atomic E-state index is -1.33. The van der Waals surface area contributed by atoms with Gasteiger partial charge in [0.25, 0.3) is 0 Å². The summed E-state index contributed by atoms with van der Waals surface area (Å²) in [7, 11) is 1.24. The second-order valence-electron chi connectivity index (χ2n) is 4.23. The van der Waals surface area contributed by atoms with Crippen molar-refractivity contribution >= 4 is 23.3 Å². The zero-order valence-electron chi connectivity index (χ0n) is 10.6. The molecule has 1 aliphatic heterocycles. The fourth-order valence-corrected chi connectivity index (χ4v) is 2.26. The van der Waals surface area contributed by atoms with Gasteiger partial charge in [0.05, 0.1) is 20.3 Å². The van der Waals surface area contributed by atoms with Crippen LogP contribution in [-0.2, 0) is 14.3 Å². The van der Waals surface area contributed by atoms with Gasteiger partial charge in [0, 0.05) is 29.4 Å². The molecule has 6 heteroatoms. The van der Waals surface area contributed by atoms with E-state index in [1.165, 1.54) is 7.11 Å². The quantitative estimate of drug-likeness (QED) is 0.851. The van der Waals surface area contributed by atoms with Crippen molar-refractivity contribution in [3.8, 4) is 0 Å². The number of methoxy groups -OCH3 is 1. The maximum absolute atomic E-state index is 11.5. The number of esters is 1. The largest absolute Gasteiger partial charge is 0.467 e. The highest BCUT2D eigenvalue weighted by atomic mass is 35.5. The molecule has 1 atom stereocenters. The van der Waals surface area contributed by atoms with Crippen molar-refractivity contribution in [1.29, 1.82) is 0 Å². The van der Waals surface area contributed by atoms with E-state index in [9.17, 15) is 9.90 Å². The maximum atomic E-state index is 11.5. The Morgan fingerprint density at radius 1 is 1.47 bits per heavy atom.